The highest BCUT2D eigenvalue weighted by Crippen LogP contribution is 2.24. The zero-order valence-electron chi connectivity index (χ0n) is 12.9. The second kappa shape index (κ2) is 5.37. The van der Waals surface area contributed by atoms with E-state index in [2.05, 4.69) is 43.0 Å². The Morgan fingerprint density at radius 3 is 2.20 bits per heavy atom. The summed E-state index contributed by atoms with van der Waals surface area (Å²) in [6.45, 7) is 10.7. The Bertz CT molecular complexity index is 579. The van der Waals surface area contributed by atoms with Crippen LogP contribution in [0.5, 0.6) is 0 Å². The standard InChI is InChI=1S/C16H23N3O/c1-11-17-12(2)19(18-11)10-15(20)13-6-8-14(9-7-13)16(3,4)5/h6-9,15,20H,10H2,1-5H3. The van der Waals surface area contributed by atoms with Crippen LogP contribution >= 0.6 is 0 Å². The van der Waals surface area contributed by atoms with Gasteiger partial charge >= 0.3 is 0 Å². The number of aromatic nitrogens is 3. The molecule has 0 amide bonds. The van der Waals surface area contributed by atoms with Crippen LogP contribution in [0.4, 0.5) is 0 Å². The molecule has 2 rings (SSSR count). The van der Waals surface area contributed by atoms with E-state index in [1.807, 2.05) is 26.0 Å². The lowest BCUT2D eigenvalue weighted by atomic mass is 9.86. The van der Waals surface area contributed by atoms with Gasteiger partial charge in [-0.2, -0.15) is 5.10 Å². The fourth-order valence-electron chi connectivity index (χ4n) is 2.21. The molecular formula is C16H23N3O. The van der Waals surface area contributed by atoms with E-state index in [9.17, 15) is 5.11 Å². The van der Waals surface area contributed by atoms with Gasteiger partial charge in [-0.3, -0.25) is 0 Å². The molecule has 0 saturated heterocycles. The fourth-order valence-corrected chi connectivity index (χ4v) is 2.21. The molecule has 0 saturated carbocycles. The minimum absolute atomic E-state index is 0.128. The average Bonchev–Trinajstić information content (AvgIpc) is 2.67. The zero-order chi connectivity index (χ0) is 14.9. The normalized spacial score (nSPS) is 13.5. The first-order valence-electron chi connectivity index (χ1n) is 6.94. The van der Waals surface area contributed by atoms with E-state index < -0.39 is 6.10 Å². The Morgan fingerprint density at radius 2 is 1.75 bits per heavy atom. The lowest BCUT2D eigenvalue weighted by Gasteiger charge is -2.20. The number of benzene rings is 1. The van der Waals surface area contributed by atoms with Crippen LogP contribution in [0.2, 0.25) is 0 Å². The van der Waals surface area contributed by atoms with Crippen LogP contribution in [0, 0.1) is 13.8 Å². The topological polar surface area (TPSA) is 50.9 Å². The third-order valence-electron chi connectivity index (χ3n) is 3.47. The summed E-state index contributed by atoms with van der Waals surface area (Å²) in [5.41, 5.74) is 2.30. The van der Waals surface area contributed by atoms with Gasteiger partial charge < -0.3 is 5.11 Å². The number of aryl methyl sites for hydroxylation is 2. The predicted octanol–water partition coefficient (Wildman–Crippen LogP) is 2.93. The maximum atomic E-state index is 10.3. The van der Waals surface area contributed by atoms with Crippen molar-refractivity contribution < 1.29 is 5.11 Å². The minimum Gasteiger partial charge on any atom is -0.386 e. The lowest BCUT2D eigenvalue weighted by Crippen LogP contribution is -2.13. The summed E-state index contributed by atoms with van der Waals surface area (Å²) in [6.07, 6.45) is -0.566. The number of hydrogen-bond donors (Lipinski definition) is 1. The average molecular weight is 273 g/mol. The Kier molecular flexibility index (Phi) is 3.95. The number of rotatable bonds is 3. The first kappa shape index (κ1) is 14.7. The van der Waals surface area contributed by atoms with Crippen LogP contribution in [0.3, 0.4) is 0 Å². The van der Waals surface area contributed by atoms with Crippen LogP contribution in [0.1, 0.15) is 49.7 Å². The molecule has 4 heteroatoms. The Balaban J connectivity index is 2.13. The van der Waals surface area contributed by atoms with Crippen molar-refractivity contribution in [2.45, 2.75) is 52.7 Å². The van der Waals surface area contributed by atoms with E-state index in [1.54, 1.807) is 4.68 Å². The second-order valence-corrected chi connectivity index (χ2v) is 6.28. The van der Waals surface area contributed by atoms with Crippen LogP contribution in [0.15, 0.2) is 24.3 Å². The Morgan fingerprint density at radius 1 is 1.15 bits per heavy atom. The first-order valence-corrected chi connectivity index (χ1v) is 6.94. The maximum absolute atomic E-state index is 10.3. The van der Waals surface area contributed by atoms with Crippen molar-refractivity contribution in [3.63, 3.8) is 0 Å². The number of hydrogen-bond acceptors (Lipinski definition) is 3. The van der Waals surface area contributed by atoms with Crippen molar-refractivity contribution in [2.24, 2.45) is 0 Å². The summed E-state index contributed by atoms with van der Waals surface area (Å²) in [7, 11) is 0. The molecule has 2 aromatic rings. The summed E-state index contributed by atoms with van der Waals surface area (Å²) < 4.78 is 1.75. The van der Waals surface area contributed by atoms with Crippen molar-refractivity contribution in [1.29, 1.82) is 0 Å². The molecule has 0 aliphatic rings. The molecule has 0 aliphatic heterocycles. The third kappa shape index (κ3) is 3.25. The predicted molar refractivity (Wildman–Crippen MR) is 79.6 cm³/mol. The molecule has 20 heavy (non-hydrogen) atoms. The van der Waals surface area contributed by atoms with Crippen LogP contribution < -0.4 is 0 Å². The SMILES string of the molecule is Cc1nc(C)n(CC(O)c2ccc(C(C)(C)C)cc2)n1. The second-order valence-electron chi connectivity index (χ2n) is 6.28. The third-order valence-corrected chi connectivity index (χ3v) is 3.47. The van der Waals surface area contributed by atoms with Crippen molar-refractivity contribution in [2.75, 3.05) is 0 Å². The molecule has 4 nitrogen and oxygen atoms in total. The van der Waals surface area contributed by atoms with Gasteiger partial charge in [-0.15, -0.1) is 0 Å². The fraction of sp³-hybridized carbons (Fsp3) is 0.500. The molecule has 1 unspecified atom stereocenters. The maximum Gasteiger partial charge on any atom is 0.147 e. The van der Waals surface area contributed by atoms with Gasteiger partial charge in [-0.05, 0) is 30.4 Å². The first-order chi connectivity index (χ1) is 9.27. The smallest absolute Gasteiger partial charge is 0.147 e. The molecule has 0 radical (unpaired) electrons. The highest BCUT2D eigenvalue weighted by Gasteiger charge is 2.15. The highest BCUT2D eigenvalue weighted by molar-refractivity contribution is 5.28. The van der Waals surface area contributed by atoms with Crippen molar-refractivity contribution >= 4 is 0 Å². The van der Waals surface area contributed by atoms with Gasteiger partial charge in [0.2, 0.25) is 0 Å². The van der Waals surface area contributed by atoms with Crippen molar-refractivity contribution in [3.05, 3.63) is 47.0 Å². The van der Waals surface area contributed by atoms with Crippen LogP contribution in [-0.4, -0.2) is 19.9 Å². The van der Waals surface area contributed by atoms with Crippen LogP contribution in [0.25, 0.3) is 0 Å². The van der Waals surface area contributed by atoms with Gasteiger partial charge in [-0.25, -0.2) is 9.67 Å². The molecule has 0 bridgehead atoms. The molecule has 0 aliphatic carbocycles. The molecule has 1 heterocycles. The molecule has 1 aromatic carbocycles. The highest BCUT2D eigenvalue weighted by atomic mass is 16.3. The largest absolute Gasteiger partial charge is 0.386 e. The summed E-state index contributed by atoms with van der Waals surface area (Å²) in [4.78, 5) is 4.24. The Hall–Kier alpha value is -1.68. The summed E-state index contributed by atoms with van der Waals surface area (Å²) in [5, 5.41) is 14.6. The minimum atomic E-state index is -0.566. The molecule has 1 N–H and O–H groups in total. The summed E-state index contributed by atoms with van der Waals surface area (Å²) in [6, 6.07) is 8.14. The molecule has 108 valence electrons. The van der Waals surface area contributed by atoms with E-state index in [1.165, 1.54) is 5.56 Å². The summed E-state index contributed by atoms with van der Waals surface area (Å²) >= 11 is 0. The van der Waals surface area contributed by atoms with E-state index in [0.29, 0.717) is 6.54 Å². The molecule has 1 aromatic heterocycles. The number of nitrogens with zero attached hydrogens (tertiary/aromatic N) is 3. The zero-order valence-corrected chi connectivity index (χ0v) is 12.9. The van der Waals surface area contributed by atoms with Gasteiger partial charge in [0.25, 0.3) is 0 Å². The van der Waals surface area contributed by atoms with E-state index in [4.69, 9.17) is 0 Å². The van der Waals surface area contributed by atoms with Gasteiger partial charge in [0, 0.05) is 0 Å². The molecular weight excluding hydrogens is 250 g/mol. The van der Waals surface area contributed by atoms with Crippen molar-refractivity contribution in [1.82, 2.24) is 14.8 Å². The van der Waals surface area contributed by atoms with Gasteiger partial charge in [0.1, 0.15) is 11.6 Å². The summed E-state index contributed by atoms with van der Waals surface area (Å²) in [5.74, 6) is 1.56. The van der Waals surface area contributed by atoms with E-state index >= 15 is 0 Å². The number of aliphatic hydroxyl groups is 1. The van der Waals surface area contributed by atoms with E-state index in [0.717, 1.165) is 17.2 Å². The van der Waals surface area contributed by atoms with Gasteiger partial charge in [0.05, 0.1) is 12.6 Å². The van der Waals surface area contributed by atoms with Gasteiger partial charge in [0.15, 0.2) is 0 Å². The van der Waals surface area contributed by atoms with Crippen LogP contribution in [-0.2, 0) is 12.0 Å². The van der Waals surface area contributed by atoms with E-state index in [-0.39, 0.29) is 5.41 Å². The lowest BCUT2D eigenvalue weighted by molar-refractivity contribution is 0.150. The monoisotopic (exact) mass is 273 g/mol. The molecule has 1 atom stereocenters. The number of aliphatic hydroxyl groups excluding tert-OH is 1. The Labute approximate surface area is 120 Å². The molecule has 0 fully saturated rings. The van der Waals surface area contributed by atoms with Crippen molar-refractivity contribution in [3.8, 4) is 0 Å². The van der Waals surface area contributed by atoms with Gasteiger partial charge in [-0.1, -0.05) is 45.0 Å². The molecule has 0 spiro atoms. The quantitative estimate of drug-likeness (QED) is 0.935.